The quantitative estimate of drug-likeness (QED) is 0.208. The molecule has 0 atom stereocenters. The van der Waals surface area contributed by atoms with Crippen LogP contribution < -0.4 is 0 Å². The van der Waals surface area contributed by atoms with E-state index < -0.39 is 0 Å². The molecule has 0 N–H and O–H groups in total. The van der Waals surface area contributed by atoms with Crippen LogP contribution in [0, 0.1) is 24.3 Å². The summed E-state index contributed by atoms with van der Waals surface area (Å²) in [5.41, 5.74) is 4.38. The van der Waals surface area contributed by atoms with Crippen LogP contribution in [-0.4, -0.2) is 0 Å². The van der Waals surface area contributed by atoms with Crippen molar-refractivity contribution in [2.45, 2.75) is 20.3 Å². The maximum absolute atomic E-state index is 3.15. The molecule has 0 bridgehead atoms. The van der Waals surface area contributed by atoms with Crippen molar-refractivity contribution in [1.29, 1.82) is 0 Å². The van der Waals surface area contributed by atoms with Gasteiger partial charge >= 0.3 is 0 Å². The van der Waals surface area contributed by atoms with Crippen molar-refractivity contribution in [2.75, 3.05) is 0 Å². The fraction of sp³-hybridized carbons (Fsp3) is 0.111. The van der Waals surface area contributed by atoms with Gasteiger partial charge in [-0.2, -0.15) is 97.1 Å². The molecule has 3 radical (unpaired) electrons. The zero-order chi connectivity index (χ0) is 19.2. The minimum atomic E-state index is 0. The largest absolute Gasteiger partial charge is 0.226 e. The van der Waals surface area contributed by atoms with Gasteiger partial charge in [-0.05, 0) is 0 Å². The zero-order valence-electron chi connectivity index (χ0n) is 17.7. The molecule has 145 valence electrons. The van der Waals surface area contributed by atoms with Gasteiger partial charge in [0.2, 0.25) is 0 Å². The molecule has 0 aromatic heterocycles. The van der Waals surface area contributed by atoms with E-state index in [1.807, 2.05) is 97.1 Å². The molecule has 3 heteroatoms. The standard InChI is InChI=1S/2C12H8.C3H8.3Y/c2*1-3-7-11(8-4-1)12-9-5-2-6-10-12;1-3-2;;;/h2*1-7,9H;3H2,1-2H3;;;/q2*-2;;;;. The van der Waals surface area contributed by atoms with Crippen LogP contribution in [0.2, 0.25) is 0 Å². The molecule has 0 saturated heterocycles. The van der Waals surface area contributed by atoms with E-state index in [-0.39, 0.29) is 98.1 Å². The molecule has 0 fully saturated rings. The van der Waals surface area contributed by atoms with Gasteiger partial charge in [0.05, 0.1) is 0 Å². The summed E-state index contributed by atoms with van der Waals surface area (Å²) in [5.74, 6) is 0. The van der Waals surface area contributed by atoms with E-state index >= 15 is 0 Å². The van der Waals surface area contributed by atoms with E-state index in [9.17, 15) is 0 Å². The van der Waals surface area contributed by atoms with Crippen molar-refractivity contribution in [1.82, 2.24) is 0 Å². The Labute approximate surface area is 258 Å². The molecule has 0 aliphatic heterocycles. The van der Waals surface area contributed by atoms with Gasteiger partial charge in [0.1, 0.15) is 0 Å². The average Bonchev–Trinajstić information content (AvgIpc) is 2.77. The van der Waals surface area contributed by atoms with E-state index in [1.54, 1.807) is 0 Å². The first-order valence-corrected chi connectivity index (χ1v) is 9.22. The molecule has 0 saturated carbocycles. The second-order valence-corrected chi connectivity index (χ2v) is 5.81. The van der Waals surface area contributed by atoms with Crippen molar-refractivity contribution >= 4 is 0 Å². The molecule has 0 nitrogen and oxygen atoms in total. The third kappa shape index (κ3) is 12.9. The van der Waals surface area contributed by atoms with E-state index in [0.29, 0.717) is 0 Å². The zero-order valence-corrected chi connectivity index (χ0v) is 26.2. The third-order valence-corrected chi connectivity index (χ3v) is 3.42. The van der Waals surface area contributed by atoms with Crippen LogP contribution in [0.25, 0.3) is 22.3 Å². The maximum atomic E-state index is 3.15. The summed E-state index contributed by atoms with van der Waals surface area (Å²) in [6, 6.07) is 44.3. The Morgan fingerprint density at radius 1 is 0.433 bits per heavy atom. The third-order valence-electron chi connectivity index (χ3n) is 3.42. The predicted octanol–water partition coefficient (Wildman–Crippen LogP) is 7.32. The number of hydrogen-bond acceptors (Lipinski definition) is 0. The van der Waals surface area contributed by atoms with Crippen LogP contribution in [-0.2, 0) is 98.1 Å². The Balaban J connectivity index is 0. The maximum Gasteiger partial charge on any atom is 0 e. The molecular weight excluding hydrogens is 591 g/mol. The molecule has 0 unspecified atom stereocenters. The van der Waals surface area contributed by atoms with Gasteiger partial charge in [0.15, 0.2) is 0 Å². The SMILES string of the molecule is CCC.[Y].[Y].[Y].[c-]1ccccc1-c1[c-]cccc1.[c-]1ccccc1-c1[c-]cccc1. The van der Waals surface area contributed by atoms with Crippen LogP contribution in [0.4, 0.5) is 0 Å². The average molecular weight is 615 g/mol. The van der Waals surface area contributed by atoms with Crippen molar-refractivity contribution in [3.05, 3.63) is 121 Å². The second kappa shape index (κ2) is 21.1. The Bertz CT molecular complexity index is 699. The van der Waals surface area contributed by atoms with E-state index in [2.05, 4.69) is 38.1 Å². The summed E-state index contributed by atoms with van der Waals surface area (Å²) in [4.78, 5) is 0. The summed E-state index contributed by atoms with van der Waals surface area (Å²) in [6.07, 6.45) is 1.25. The summed E-state index contributed by atoms with van der Waals surface area (Å²) >= 11 is 0. The topological polar surface area (TPSA) is 0 Å². The summed E-state index contributed by atoms with van der Waals surface area (Å²) in [6.45, 7) is 4.25. The predicted molar refractivity (Wildman–Crippen MR) is 115 cm³/mol. The van der Waals surface area contributed by atoms with Crippen molar-refractivity contribution in [3.8, 4) is 22.3 Å². The molecule has 0 aliphatic rings. The van der Waals surface area contributed by atoms with Gasteiger partial charge in [0, 0.05) is 98.1 Å². The number of benzene rings is 4. The number of hydrogen-bond donors (Lipinski definition) is 0. The van der Waals surface area contributed by atoms with Crippen molar-refractivity contribution in [2.24, 2.45) is 0 Å². The van der Waals surface area contributed by atoms with Gasteiger partial charge in [-0.25, -0.2) is 22.3 Å². The van der Waals surface area contributed by atoms with Crippen LogP contribution in [0.3, 0.4) is 0 Å². The minimum absolute atomic E-state index is 0. The minimum Gasteiger partial charge on any atom is -0.226 e. The van der Waals surface area contributed by atoms with Gasteiger partial charge < -0.3 is 0 Å². The van der Waals surface area contributed by atoms with E-state index in [0.717, 1.165) is 22.3 Å². The molecule has 0 amide bonds. The van der Waals surface area contributed by atoms with Crippen molar-refractivity contribution < 1.29 is 98.1 Å². The Kier molecular flexibility index (Phi) is 22.7. The Hall–Kier alpha value is 0.192. The van der Waals surface area contributed by atoms with Crippen LogP contribution in [0.5, 0.6) is 0 Å². The molecule has 0 heterocycles. The Morgan fingerprint density at radius 3 is 0.767 bits per heavy atom. The monoisotopic (exact) mass is 615 g/mol. The first kappa shape index (κ1) is 32.4. The summed E-state index contributed by atoms with van der Waals surface area (Å²) < 4.78 is 0. The summed E-state index contributed by atoms with van der Waals surface area (Å²) in [7, 11) is 0. The smallest absolute Gasteiger partial charge is 0 e. The molecule has 4 aromatic rings. The summed E-state index contributed by atoms with van der Waals surface area (Å²) in [5, 5.41) is 0. The van der Waals surface area contributed by atoms with Crippen molar-refractivity contribution in [3.63, 3.8) is 0 Å². The molecule has 30 heavy (non-hydrogen) atoms. The van der Waals surface area contributed by atoms with E-state index in [1.165, 1.54) is 6.42 Å². The first-order valence-electron chi connectivity index (χ1n) is 9.22. The normalized spacial score (nSPS) is 8.33. The van der Waals surface area contributed by atoms with Gasteiger partial charge in [-0.3, -0.25) is 0 Å². The number of rotatable bonds is 2. The van der Waals surface area contributed by atoms with Gasteiger partial charge in [-0.1, -0.05) is 20.3 Å². The fourth-order valence-electron chi connectivity index (χ4n) is 2.24. The molecule has 0 aliphatic carbocycles. The molecule has 4 aromatic carbocycles. The second-order valence-electron chi connectivity index (χ2n) is 5.81. The van der Waals surface area contributed by atoms with Crippen LogP contribution >= 0.6 is 0 Å². The molecule has 4 rings (SSSR count). The van der Waals surface area contributed by atoms with Crippen LogP contribution in [0.15, 0.2) is 97.1 Å². The Morgan fingerprint density at radius 2 is 0.633 bits per heavy atom. The van der Waals surface area contributed by atoms with E-state index in [4.69, 9.17) is 0 Å². The van der Waals surface area contributed by atoms with Gasteiger partial charge in [-0.15, -0.1) is 24.3 Å². The molecular formula is C27H24Y3-4. The fourth-order valence-corrected chi connectivity index (χ4v) is 2.24. The van der Waals surface area contributed by atoms with Gasteiger partial charge in [0.25, 0.3) is 0 Å². The first-order chi connectivity index (χ1) is 13.3. The van der Waals surface area contributed by atoms with Crippen LogP contribution in [0.1, 0.15) is 20.3 Å². The molecule has 0 spiro atoms.